The van der Waals surface area contributed by atoms with Gasteiger partial charge in [0.2, 0.25) is 0 Å². The first kappa shape index (κ1) is 13.3. The van der Waals surface area contributed by atoms with Crippen molar-refractivity contribution in [2.45, 2.75) is 13.5 Å². The van der Waals surface area contributed by atoms with Crippen molar-refractivity contribution in [2.24, 2.45) is 4.99 Å². The number of pyridine rings is 1. The highest BCUT2D eigenvalue weighted by Gasteiger charge is 2.17. The van der Waals surface area contributed by atoms with Crippen molar-refractivity contribution >= 4 is 11.5 Å². The number of fused-ring (bicyclic) bond motifs is 1. The second kappa shape index (κ2) is 5.46. The fraction of sp³-hybridized carbons (Fsp3) is 0.375. The van der Waals surface area contributed by atoms with Crippen molar-refractivity contribution in [1.29, 1.82) is 0 Å². The van der Waals surface area contributed by atoms with Crippen LogP contribution in [0.5, 0.6) is 0 Å². The lowest BCUT2D eigenvalue weighted by atomic mass is 10.1. The summed E-state index contributed by atoms with van der Waals surface area (Å²) in [4.78, 5) is 20.2. The molecule has 0 atom stereocenters. The molecule has 4 rings (SSSR count). The van der Waals surface area contributed by atoms with Crippen molar-refractivity contribution in [3.63, 3.8) is 0 Å². The second-order valence-corrected chi connectivity index (χ2v) is 5.48. The maximum absolute atomic E-state index is 5.39. The first-order valence-electron chi connectivity index (χ1n) is 7.47. The predicted octanol–water partition coefficient (Wildman–Crippen LogP) is 1.70. The van der Waals surface area contributed by atoms with Gasteiger partial charge in [0.25, 0.3) is 0 Å². The Balaban J connectivity index is 1.68. The van der Waals surface area contributed by atoms with Gasteiger partial charge in [-0.25, -0.2) is 4.98 Å². The van der Waals surface area contributed by atoms with E-state index in [9.17, 15) is 0 Å². The lowest BCUT2D eigenvalue weighted by molar-refractivity contribution is 0.122. The van der Waals surface area contributed by atoms with E-state index in [1.807, 2.05) is 19.3 Å². The molecule has 1 saturated heterocycles. The van der Waals surface area contributed by atoms with Crippen molar-refractivity contribution in [3.05, 3.63) is 35.9 Å². The summed E-state index contributed by atoms with van der Waals surface area (Å²) in [6.07, 6.45) is 5.46. The topological polar surface area (TPSA) is 63.5 Å². The molecule has 0 N–H and O–H groups in total. The van der Waals surface area contributed by atoms with Gasteiger partial charge in [-0.05, 0) is 13.0 Å². The normalized spacial score (nSPS) is 17.3. The molecule has 2 aromatic heterocycles. The number of aliphatic imine (C=N–C) groups is 1. The van der Waals surface area contributed by atoms with Crippen LogP contribution in [0, 0.1) is 0 Å². The molecular formula is C16H17N5O. The maximum Gasteiger partial charge on any atom is 0.147 e. The van der Waals surface area contributed by atoms with Gasteiger partial charge in [0, 0.05) is 36.1 Å². The number of hydrogen-bond acceptors (Lipinski definition) is 6. The third-order valence-electron chi connectivity index (χ3n) is 4.08. The molecule has 0 unspecified atom stereocenters. The van der Waals surface area contributed by atoms with Crippen LogP contribution in [0.1, 0.15) is 18.2 Å². The van der Waals surface area contributed by atoms with E-state index < -0.39 is 0 Å². The van der Waals surface area contributed by atoms with Crippen LogP contribution < -0.4 is 4.90 Å². The zero-order valence-corrected chi connectivity index (χ0v) is 12.5. The van der Waals surface area contributed by atoms with Crippen molar-refractivity contribution < 1.29 is 4.74 Å². The molecule has 2 aliphatic rings. The van der Waals surface area contributed by atoms with Crippen molar-refractivity contribution in [3.8, 4) is 11.3 Å². The average Bonchev–Trinajstić information content (AvgIpc) is 2.96. The minimum Gasteiger partial charge on any atom is -0.378 e. The van der Waals surface area contributed by atoms with E-state index in [0.29, 0.717) is 6.54 Å². The highest BCUT2D eigenvalue weighted by molar-refractivity contribution is 6.02. The molecule has 6 nitrogen and oxygen atoms in total. The molecule has 6 heteroatoms. The Kier molecular flexibility index (Phi) is 3.31. The van der Waals surface area contributed by atoms with Gasteiger partial charge in [-0.2, -0.15) is 0 Å². The van der Waals surface area contributed by atoms with Crippen LogP contribution in [0.4, 0.5) is 5.82 Å². The highest BCUT2D eigenvalue weighted by Crippen LogP contribution is 2.24. The van der Waals surface area contributed by atoms with Crippen LogP contribution in [0.3, 0.4) is 0 Å². The Morgan fingerprint density at radius 2 is 2.00 bits per heavy atom. The summed E-state index contributed by atoms with van der Waals surface area (Å²) in [6, 6.07) is 2.11. The number of rotatable bonds is 2. The van der Waals surface area contributed by atoms with Crippen LogP contribution in [0.2, 0.25) is 0 Å². The molecule has 0 aromatic carbocycles. The number of hydrogen-bond donors (Lipinski definition) is 0. The molecule has 1 fully saturated rings. The number of anilines is 1. The van der Waals surface area contributed by atoms with Gasteiger partial charge < -0.3 is 9.64 Å². The van der Waals surface area contributed by atoms with Gasteiger partial charge in [0.15, 0.2) is 0 Å². The molecule has 0 spiro atoms. The number of nitrogens with zero attached hydrogens (tertiary/aromatic N) is 5. The summed E-state index contributed by atoms with van der Waals surface area (Å²) in [5.74, 6) is 0.895. The molecule has 4 heterocycles. The largest absolute Gasteiger partial charge is 0.378 e. The van der Waals surface area contributed by atoms with E-state index in [-0.39, 0.29) is 0 Å². The molecule has 0 saturated carbocycles. The highest BCUT2D eigenvalue weighted by atomic mass is 16.5. The summed E-state index contributed by atoms with van der Waals surface area (Å²) in [5.41, 5.74) is 5.04. The van der Waals surface area contributed by atoms with Gasteiger partial charge in [-0.15, -0.1) is 0 Å². The summed E-state index contributed by atoms with van der Waals surface area (Å²) in [6.45, 7) is 5.89. The summed E-state index contributed by atoms with van der Waals surface area (Å²) < 4.78 is 5.39. The molecule has 0 amide bonds. The number of aromatic nitrogens is 3. The molecule has 22 heavy (non-hydrogen) atoms. The molecule has 0 aliphatic carbocycles. The van der Waals surface area contributed by atoms with Crippen LogP contribution in [-0.4, -0.2) is 47.0 Å². The first-order valence-corrected chi connectivity index (χ1v) is 7.47. The Labute approximate surface area is 128 Å². The van der Waals surface area contributed by atoms with Gasteiger partial charge >= 0.3 is 0 Å². The van der Waals surface area contributed by atoms with Gasteiger partial charge in [-0.3, -0.25) is 15.0 Å². The van der Waals surface area contributed by atoms with Crippen molar-refractivity contribution in [2.75, 3.05) is 31.2 Å². The minimum atomic E-state index is 0.681. The van der Waals surface area contributed by atoms with E-state index in [2.05, 4.69) is 25.9 Å². The quantitative estimate of drug-likeness (QED) is 0.844. The van der Waals surface area contributed by atoms with Crippen LogP contribution >= 0.6 is 0 Å². The SMILES string of the molecule is CC1=NCc2ncc(-c3cncc(N4CCOCC4)n3)cc21. The third-order valence-corrected chi connectivity index (χ3v) is 4.08. The average molecular weight is 295 g/mol. The van der Waals surface area contributed by atoms with Crippen LogP contribution in [0.25, 0.3) is 11.3 Å². The van der Waals surface area contributed by atoms with E-state index in [0.717, 1.165) is 60.3 Å². The molecule has 2 aromatic rings. The maximum atomic E-state index is 5.39. The lowest BCUT2D eigenvalue weighted by Crippen LogP contribution is -2.36. The third kappa shape index (κ3) is 2.35. The second-order valence-electron chi connectivity index (χ2n) is 5.48. The van der Waals surface area contributed by atoms with Gasteiger partial charge in [0.05, 0.1) is 43.5 Å². The molecule has 0 bridgehead atoms. The predicted molar refractivity (Wildman–Crippen MR) is 84.2 cm³/mol. The molecule has 2 aliphatic heterocycles. The monoisotopic (exact) mass is 295 g/mol. The fourth-order valence-electron chi connectivity index (χ4n) is 2.79. The smallest absolute Gasteiger partial charge is 0.147 e. The lowest BCUT2D eigenvalue weighted by Gasteiger charge is -2.27. The van der Waals surface area contributed by atoms with E-state index in [1.165, 1.54) is 0 Å². The zero-order valence-electron chi connectivity index (χ0n) is 12.5. The summed E-state index contributed by atoms with van der Waals surface area (Å²) >= 11 is 0. The number of ether oxygens (including phenoxy) is 1. The van der Waals surface area contributed by atoms with Gasteiger partial charge in [0.1, 0.15) is 5.82 Å². The fourth-order valence-corrected chi connectivity index (χ4v) is 2.79. The van der Waals surface area contributed by atoms with Gasteiger partial charge in [-0.1, -0.05) is 0 Å². The van der Waals surface area contributed by atoms with Crippen molar-refractivity contribution in [1.82, 2.24) is 15.0 Å². The van der Waals surface area contributed by atoms with Crippen LogP contribution in [0.15, 0.2) is 29.6 Å². The van der Waals surface area contributed by atoms with E-state index >= 15 is 0 Å². The van der Waals surface area contributed by atoms with E-state index in [1.54, 1.807) is 6.20 Å². The summed E-state index contributed by atoms with van der Waals surface area (Å²) in [7, 11) is 0. The summed E-state index contributed by atoms with van der Waals surface area (Å²) in [5, 5.41) is 0. The molecule has 112 valence electrons. The number of morpholine rings is 1. The Morgan fingerprint density at radius 3 is 2.86 bits per heavy atom. The molecular weight excluding hydrogens is 278 g/mol. The minimum absolute atomic E-state index is 0.681. The van der Waals surface area contributed by atoms with Crippen LogP contribution in [-0.2, 0) is 11.3 Å². The Morgan fingerprint density at radius 1 is 1.14 bits per heavy atom. The van der Waals surface area contributed by atoms with E-state index in [4.69, 9.17) is 9.72 Å². The Bertz CT molecular complexity index is 737. The zero-order chi connectivity index (χ0) is 14.9. The Hall–Kier alpha value is -2.34. The standard InChI is InChI=1S/C16H17N5O/c1-11-13-6-12(7-19-15(13)9-18-11)14-8-17-10-16(20-14)21-2-4-22-5-3-21/h6-8,10H,2-5,9H2,1H3. The molecule has 0 radical (unpaired) electrons. The first-order chi connectivity index (χ1) is 10.8.